The van der Waals surface area contributed by atoms with Crippen molar-refractivity contribution in [2.75, 3.05) is 0 Å². The van der Waals surface area contributed by atoms with Gasteiger partial charge in [0.05, 0.1) is 4.99 Å². The number of rotatable bonds is 2. The second kappa shape index (κ2) is 2.81. The van der Waals surface area contributed by atoms with Crippen molar-refractivity contribution in [2.24, 2.45) is 23.0 Å². The van der Waals surface area contributed by atoms with Gasteiger partial charge in [-0.25, -0.2) is 0 Å². The van der Waals surface area contributed by atoms with E-state index >= 15 is 0 Å². The van der Waals surface area contributed by atoms with E-state index in [-0.39, 0.29) is 0 Å². The third-order valence-electron chi connectivity index (χ3n) is 3.96. The lowest BCUT2D eigenvalue weighted by Gasteiger charge is -2.56. The molecular weight excluding hydrogens is 178 g/mol. The molecule has 2 N–H and O–H groups in total. The van der Waals surface area contributed by atoms with Crippen LogP contribution in [-0.2, 0) is 0 Å². The van der Waals surface area contributed by atoms with Crippen molar-refractivity contribution in [2.45, 2.75) is 33.1 Å². The zero-order valence-electron chi connectivity index (χ0n) is 8.34. The fourth-order valence-corrected chi connectivity index (χ4v) is 3.04. The zero-order chi connectivity index (χ0) is 9.64. The lowest BCUT2D eigenvalue weighted by Crippen LogP contribution is -2.48. The topological polar surface area (TPSA) is 26.0 Å². The number of fused-ring (bicyclic) bond motifs is 1. The highest BCUT2D eigenvalue weighted by Crippen LogP contribution is 2.59. The van der Waals surface area contributed by atoms with Crippen molar-refractivity contribution in [1.29, 1.82) is 0 Å². The Kier molecular flexibility index (Phi) is 1.99. The van der Waals surface area contributed by atoms with Crippen LogP contribution < -0.4 is 5.73 Å². The molecule has 0 aliphatic heterocycles. The van der Waals surface area contributed by atoms with E-state index in [9.17, 15) is 0 Å². The van der Waals surface area contributed by atoms with Crippen LogP contribution in [0.25, 0.3) is 0 Å². The van der Waals surface area contributed by atoms with Gasteiger partial charge >= 0.3 is 0 Å². The van der Waals surface area contributed by atoms with Gasteiger partial charge in [-0.15, -0.1) is 0 Å². The van der Waals surface area contributed by atoms with Crippen LogP contribution in [0.3, 0.4) is 0 Å². The Bertz CT molecular complexity index is 278. The summed E-state index contributed by atoms with van der Waals surface area (Å²) in [6, 6.07) is 0. The standard InChI is InChI=1S/C11H17NS/c1-11(2)8-4-3-7(5-10(12)13)9(11)6-8/h3,8-9H,4-6H2,1-2H3,(H2,12,13). The molecule has 0 aromatic rings. The summed E-state index contributed by atoms with van der Waals surface area (Å²) < 4.78 is 0. The highest BCUT2D eigenvalue weighted by molar-refractivity contribution is 7.80. The molecule has 3 aliphatic rings. The van der Waals surface area contributed by atoms with Gasteiger partial charge in [0.25, 0.3) is 0 Å². The molecule has 0 aromatic carbocycles. The minimum atomic E-state index is 0.509. The summed E-state index contributed by atoms with van der Waals surface area (Å²) in [5, 5.41) is 0. The van der Waals surface area contributed by atoms with Crippen LogP contribution >= 0.6 is 12.2 Å². The highest BCUT2D eigenvalue weighted by atomic mass is 32.1. The van der Waals surface area contributed by atoms with E-state index in [4.69, 9.17) is 18.0 Å². The van der Waals surface area contributed by atoms with Crippen LogP contribution in [0.2, 0.25) is 0 Å². The third kappa shape index (κ3) is 1.32. The highest BCUT2D eigenvalue weighted by Gasteiger charge is 2.50. The molecule has 1 saturated carbocycles. The maximum absolute atomic E-state index is 5.58. The first-order valence-electron chi connectivity index (χ1n) is 4.99. The van der Waals surface area contributed by atoms with Crippen molar-refractivity contribution in [1.82, 2.24) is 0 Å². The first kappa shape index (κ1) is 9.20. The molecule has 2 atom stereocenters. The second-order valence-corrected chi connectivity index (χ2v) is 5.49. The maximum Gasteiger partial charge on any atom is 0.0768 e. The molecule has 0 spiro atoms. The number of hydrogen-bond acceptors (Lipinski definition) is 1. The summed E-state index contributed by atoms with van der Waals surface area (Å²) in [6.45, 7) is 4.75. The van der Waals surface area contributed by atoms with Gasteiger partial charge in [-0.1, -0.05) is 37.7 Å². The molecule has 13 heavy (non-hydrogen) atoms. The van der Waals surface area contributed by atoms with Crippen molar-refractivity contribution < 1.29 is 0 Å². The average Bonchev–Trinajstić information content (AvgIpc) is 2.03. The van der Waals surface area contributed by atoms with Crippen molar-refractivity contribution in [3.8, 4) is 0 Å². The molecule has 0 heterocycles. The van der Waals surface area contributed by atoms with E-state index in [1.54, 1.807) is 0 Å². The molecule has 72 valence electrons. The van der Waals surface area contributed by atoms with Crippen LogP contribution in [0.4, 0.5) is 0 Å². The predicted octanol–water partition coefficient (Wildman–Crippen LogP) is 2.66. The Morgan fingerprint density at radius 1 is 1.69 bits per heavy atom. The van der Waals surface area contributed by atoms with E-state index in [0.29, 0.717) is 10.4 Å². The molecule has 0 saturated heterocycles. The number of thiocarbonyl (C=S) groups is 1. The van der Waals surface area contributed by atoms with E-state index < -0.39 is 0 Å². The smallest absolute Gasteiger partial charge is 0.0768 e. The molecule has 2 unspecified atom stereocenters. The maximum atomic E-state index is 5.58. The van der Waals surface area contributed by atoms with Gasteiger partial charge in [0, 0.05) is 6.42 Å². The molecule has 1 fully saturated rings. The van der Waals surface area contributed by atoms with Crippen molar-refractivity contribution in [3.63, 3.8) is 0 Å². The SMILES string of the molecule is CC1(C)C2CC=C(CC(N)=S)C1C2. The molecule has 3 aliphatic carbocycles. The van der Waals surface area contributed by atoms with Crippen LogP contribution in [0.5, 0.6) is 0 Å². The summed E-state index contributed by atoms with van der Waals surface area (Å²) in [5.74, 6) is 1.67. The number of allylic oxidation sites excluding steroid dienone is 1. The summed E-state index contributed by atoms with van der Waals surface area (Å²) >= 11 is 4.96. The first-order valence-corrected chi connectivity index (χ1v) is 5.40. The summed E-state index contributed by atoms with van der Waals surface area (Å²) in [7, 11) is 0. The fourth-order valence-electron chi connectivity index (χ4n) is 2.88. The Morgan fingerprint density at radius 3 is 2.85 bits per heavy atom. The average molecular weight is 195 g/mol. The van der Waals surface area contributed by atoms with Gasteiger partial charge < -0.3 is 5.73 Å². The molecule has 3 rings (SSSR count). The zero-order valence-corrected chi connectivity index (χ0v) is 9.16. The molecular formula is C11H17NS. The van der Waals surface area contributed by atoms with Crippen LogP contribution in [-0.4, -0.2) is 4.99 Å². The monoisotopic (exact) mass is 195 g/mol. The third-order valence-corrected chi connectivity index (χ3v) is 4.11. The minimum absolute atomic E-state index is 0.509. The molecule has 0 aromatic heterocycles. The molecule has 1 nitrogen and oxygen atoms in total. The summed E-state index contributed by atoms with van der Waals surface area (Å²) in [4.78, 5) is 0.646. The van der Waals surface area contributed by atoms with Crippen LogP contribution in [0.15, 0.2) is 11.6 Å². The summed E-state index contributed by atoms with van der Waals surface area (Å²) in [5.41, 5.74) is 7.59. The Balaban J connectivity index is 2.14. The van der Waals surface area contributed by atoms with Crippen molar-refractivity contribution >= 4 is 17.2 Å². The second-order valence-electron chi connectivity index (χ2n) is 4.96. The molecule has 2 heteroatoms. The van der Waals surface area contributed by atoms with Gasteiger partial charge in [0.15, 0.2) is 0 Å². The number of hydrogen-bond donors (Lipinski definition) is 1. The normalized spacial score (nSPS) is 34.8. The molecule has 0 amide bonds. The van der Waals surface area contributed by atoms with Crippen LogP contribution in [0.1, 0.15) is 33.1 Å². The first-order chi connectivity index (χ1) is 6.01. The van der Waals surface area contributed by atoms with Gasteiger partial charge in [-0.3, -0.25) is 0 Å². The predicted molar refractivity (Wildman–Crippen MR) is 59.5 cm³/mol. The van der Waals surface area contributed by atoms with Gasteiger partial charge in [0.2, 0.25) is 0 Å². The molecule has 2 bridgehead atoms. The minimum Gasteiger partial charge on any atom is -0.393 e. The largest absolute Gasteiger partial charge is 0.393 e. The fraction of sp³-hybridized carbons (Fsp3) is 0.727. The van der Waals surface area contributed by atoms with E-state index in [2.05, 4.69) is 19.9 Å². The Hall–Kier alpha value is -0.370. The Morgan fingerprint density at radius 2 is 2.38 bits per heavy atom. The Labute approximate surface area is 85.4 Å². The van der Waals surface area contributed by atoms with Gasteiger partial charge in [0.1, 0.15) is 0 Å². The van der Waals surface area contributed by atoms with E-state index in [1.807, 2.05) is 0 Å². The van der Waals surface area contributed by atoms with E-state index in [0.717, 1.165) is 18.3 Å². The number of nitrogens with two attached hydrogens (primary N) is 1. The van der Waals surface area contributed by atoms with Gasteiger partial charge in [-0.05, 0) is 30.1 Å². The quantitative estimate of drug-likeness (QED) is 0.541. The lowest BCUT2D eigenvalue weighted by atomic mass is 9.48. The lowest BCUT2D eigenvalue weighted by molar-refractivity contribution is -0.00679. The molecule has 0 radical (unpaired) electrons. The van der Waals surface area contributed by atoms with Crippen LogP contribution in [0, 0.1) is 17.3 Å². The van der Waals surface area contributed by atoms with Gasteiger partial charge in [-0.2, -0.15) is 0 Å². The van der Waals surface area contributed by atoms with Crippen molar-refractivity contribution in [3.05, 3.63) is 11.6 Å². The summed E-state index contributed by atoms with van der Waals surface area (Å²) in [6.07, 6.45) is 5.81. The van der Waals surface area contributed by atoms with E-state index in [1.165, 1.54) is 18.4 Å².